The van der Waals surface area contributed by atoms with Gasteiger partial charge in [-0.25, -0.2) is 9.78 Å². The predicted molar refractivity (Wildman–Crippen MR) is 74.9 cm³/mol. The summed E-state index contributed by atoms with van der Waals surface area (Å²) in [7, 11) is 1.59. The molecule has 5 nitrogen and oxygen atoms in total. The van der Waals surface area contributed by atoms with Gasteiger partial charge in [-0.15, -0.1) is 11.3 Å². The van der Waals surface area contributed by atoms with Crippen LogP contribution in [0.5, 0.6) is 5.75 Å². The molecule has 1 aromatic heterocycles. The van der Waals surface area contributed by atoms with E-state index in [-0.39, 0.29) is 16.4 Å². The Hall–Kier alpha value is -2.21. The Labute approximate surface area is 119 Å². The highest BCUT2D eigenvalue weighted by molar-refractivity contribution is 7.14. The van der Waals surface area contributed by atoms with E-state index in [0.717, 1.165) is 22.6 Å². The Kier molecular flexibility index (Phi) is 4.14. The van der Waals surface area contributed by atoms with Gasteiger partial charge in [-0.1, -0.05) is 12.1 Å². The van der Waals surface area contributed by atoms with Crippen LogP contribution in [0.4, 0.5) is 0 Å². The third kappa shape index (κ3) is 3.03. The number of rotatable bonds is 5. The molecule has 0 saturated heterocycles. The van der Waals surface area contributed by atoms with Crippen LogP contribution in [0.3, 0.4) is 0 Å². The summed E-state index contributed by atoms with van der Waals surface area (Å²) < 4.78 is 5.07. The number of hydrogen-bond acceptors (Lipinski definition) is 5. The Morgan fingerprint density at radius 3 is 2.40 bits per heavy atom. The van der Waals surface area contributed by atoms with Crippen LogP contribution < -0.4 is 4.74 Å². The van der Waals surface area contributed by atoms with Crippen molar-refractivity contribution in [3.8, 4) is 5.75 Å². The number of carboxylic acids is 1. The molecule has 20 heavy (non-hydrogen) atoms. The lowest BCUT2D eigenvalue weighted by Gasteiger charge is -2.01. The van der Waals surface area contributed by atoms with Gasteiger partial charge < -0.3 is 9.84 Å². The molecule has 2 rings (SSSR count). The number of hydrogen-bond donors (Lipinski definition) is 1. The SMILES string of the molecule is COc1ccc(Cc2nc(C(=O)O)c(C(C)=O)s2)cc1. The van der Waals surface area contributed by atoms with Gasteiger partial charge in [0.1, 0.15) is 10.6 Å². The summed E-state index contributed by atoms with van der Waals surface area (Å²) in [5, 5.41) is 9.65. The molecule has 0 atom stereocenters. The molecule has 0 radical (unpaired) electrons. The van der Waals surface area contributed by atoms with Gasteiger partial charge in [0, 0.05) is 13.3 Å². The number of ketones is 1. The fourth-order valence-electron chi connectivity index (χ4n) is 1.74. The molecular formula is C14H13NO4S. The number of aromatic carboxylic acids is 1. The lowest BCUT2D eigenvalue weighted by Crippen LogP contribution is -2.03. The Bertz CT molecular complexity index is 614. The maximum Gasteiger partial charge on any atom is 0.356 e. The number of thiazole rings is 1. The van der Waals surface area contributed by atoms with Crippen molar-refractivity contribution in [2.45, 2.75) is 13.3 Å². The highest BCUT2D eigenvalue weighted by Crippen LogP contribution is 2.23. The molecule has 0 fully saturated rings. The van der Waals surface area contributed by atoms with E-state index in [9.17, 15) is 9.59 Å². The first-order valence-electron chi connectivity index (χ1n) is 5.88. The fourth-order valence-corrected chi connectivity index (χ4v) is 2.73. The number of Topliss-reactive ketones (excluding diaryl/α,β-unsaturated/α-hetero) is 1. The minimum atomic E-state index is -1.17. The fraction of sp³-hybridized carbons (Fsp3) is 0.214. The molecule has 0 aliphatic rings. The van der Waals surface area contributed by atoms with Crippen LogP contribution in [0, 0.1) is 0 Å². The average molecular weight is 291 g/mol. The Balaban J connectivity index is 2.26. The Morgan fingerprint density at radius 1 is 1.30 bits per heavy atom. The van der Waals surface area contributed by atoms with Crippen LogP contribution in [0.2, 0.25) is 0 Å². The molecule has 0 aliphatic heterocycles. The van der Waals surface area contributed by atoms with E-state index in [1.807, 2.05) is 24.3 Å². The molecule has 6 heteroatoms. The first kappa shape index (κ1) is 14.2. The monoisotopic (exact) mass is 291 g/mol. The van der Waals surface area contributed by atoms with Gasteiger partial charge in [0.25, 0.3) is 0 Å². The topological polar surface area (TPSA) is 76.5 Å². The van der Waals surface area contributed by atoms with Crippen molar-refractivity contribution in [1.82, 2.24) is 4.98 Å². The van der Waals surface area contributed by atoms with Crippen molar-refractivity contribution in [3.63, 3.8) is 0 Å². The normalized spacial score (nSPS) is 10.3. The number of carbonyl (C=O) groups excluding carboxylic acids is 1. The summed E-state index contributed by atoms with van der Waals surface area (Å²) >= 11 is 1.13. The van der Waals surface area contributed by atoms with E-state index in [1.165, 1.54) is 6.92 Å². The van der Waals surface area contributed by atoms with Crippen LogP contribution >= 0.6 is 11.3 Å². The first-order valence-corrected chi connectivity index (χ1v) is 6.69. The number of methoxy groups -OCH3 is 1. The van der Waals surface area contributed by atoms with Crippen LogP contribution in [-0.4, -0.2) is 29.0 Å². The van der Waals surface area contributed by atoms with Crippen molar-refractivity contribution >= 4 is 23.1 Å². The number of nitrogens with zero attached hydrogens (tertiary/aromatic N) is 1. The van der Waals surface area contributed by atoms with Gasteiger partial charge >= 0.3 is 5.97 Å². The maximum atomic E-state index is 11.4. The summed E-state index contributed by atoms with van der Waals surface area (Å²) in [4.78, 5) is 26.7. The molecule has 0 amide bonds. The van der Waals surface area contributed by atoms with Gasteiger partial charge in [-0.3, -0.25) is 4.79 Å². The van der Waals surface area contributed by atoms with Gasteiger partial charge in [0.2, 0.25) is 0 Å². The zero-order valence-electron chi connectivity index (χ0n) is 11.0. The van der Waals surface area contributed by atoms with Crippen LogP contribution in [0.15, 0.2) is 24.3 Å². The quantitative estimate of drug-likeness (QED) is 0.857. The molecule has 0 unspecified atom stereocenters. The van der Waals surface area contributed by atoms with Gasteiger partial charge in [0.15, 0.2) is 11.5 Å². The molecule has 2 aromatic rings. The van der Waals surface area contributed by atoms with Gasteiger partial charge in [0.05, 0.1) is 12.1 Å². The molecule has 0 bridgehead atoms. The molecule has 0 saturated carbocycles. The smallest absolute Gasteiger partial charge is 0.356 e. The third-order valence-corrected chi connectivity index (χ3v) is 3.86. The van der Waals surface area contributed by atoms with Crippen molar-refractivity contribution in [2.75, 3.05) is 7.11 Å². The van der Waals surface area contributed by atoms with Crippen molar-refractivity contribution < 1.29 is 19.4 Å². The van der Waals surface area contributed by atoms with E-state index in [0.29, 0.717) is 11.4 Å². The van der Waals surface area contributed by atoms with Crippen LogP contribution in [0.1, 0.15) is 37.7 Å². The molecule has 1 aromatic carbocycles. The summed E-state index contributed by atoms with van der Waals surface area (Å²) in [6.45, 7) is 1.34. The predicted octanol–water partition coefficient (Wildman–Crippen LogP) is 2.64. The molecule has 1 heterocycles. The van der Waals surface area contributed by atoms with E-state index in [4.69, 9.17) is 9.84 Å². The van der Waals surface area contributed by atoms with Gasteiger partial charge in [-0.05, 0) is 17.7 Å². The lowest BCUT2D eigenvalue weighted by atomic mass is 10.1. The zero-order chi connectivity index (χ0) is 14.7. The zero-order valence-corrected chi connectivity index (χ0v) is 11.9. The minimum absolute atomic E-state index is 0.161. The maximum absolute atomic E-state index is 11.4. The third-order valence-electron chi connectivity index (χ3n) is 2.71. The summed E-state index contributed by atoms with van der Waals surface area (Å²) in [5.41, 5.74) is 0.817. The number of ether oxygens (including phenoxy) is 1. The van der Waals surface area contributed by atoms with Crippen molar-refractivity contribution in [2.24, 2.45) is 0 Å². The van der Waals surface area contributed by atoms with Crippen LogP contribution in [0.25, 0.3) is 0 Å². The van der Waals surface area contributed by atoms with E-state index >= 15 is 0 Å². The molecule has 1 N–H and O–H groups in total. The van der Waals surface area contributed by atoms with E-state index in [1.54, 1.807) is 7.11 Å². The van der Waals surface area contributed by atoms with Crippen molar-refractivity contribution in [3.05, 3.63) is 45.4 Å². The standard InChI is InChI=1S/C14H13NO4S/c1-8(16)13-12(14(17)18)15-11(20-13)7-9-3-5-10(19-2)6-4-9/h3-6H,7H2,1-2H3,(H,17,18). The minimum Gasteiger partial charge on any atom is -0.497 e. The summed E-state index contributed by atoms with van der Waals surface area (Å²) in [6, 6.07) is 7.42. The highest BCUT2D eigenvalue weighted by Gasteiger charge is 2.20. The number of carboxylic acid groups (broad SMARTS) is 1. The average Bonchev–Trinajstić information content (AvgIpc) is 2.84. The largest absolute Gasteiger partial charge is 0.497 e. The Morgan fingerprint density at radius 2 is 1.95 bits per heavy atom. The van der Waals surface area contributed by atoms with E-state index in [2.05, 4.69) is 4.98 Å². The lowest BCUT2D eigenvalue weighted by molar-refractivity contribution is 0.0687. The first-order chi connectivity index (χ1) is 9.51. The second-order valence-electron chi connectivity index (χ2n) is 4.17. The number of carbonyl (C=O) groups is 2. The second kappa shape index (κ2) is 5.83. The molecular weight excluding hydrogens is 278 g/mol. The number of aromatic nitrogens is 1. The highest BCUT2D eigenvalue weighted by atomic mass is 32.1. The summed E-state index contributed by atoms with van der Waals surface area (Å²) in [5.74, 6) is -0.697. The van der Waals surface area contributed by atoms with E-state index < -0.39 is 5.97 Å². The summed E-state index contributed by atoms with van der Waals surface area (Å²) in [6.07, 6.45) is 0.488. The number of benzene rings is 1. The van der Waals surface area contributed by atoms with Crippen molar-refractivity contribution in [1.29, 1.82) is 0 Å². The molecule has 0 spiro atoms. The van der Waals surface area contributed by atoms with Crippen LogP contribution in [-0.2, 0) is 6.42 Å². The molecule has 0 aliphatic carbocycles. The second-order valence-corrected chi connectivity index (χ2v) is 5.26. The van der Waals surface area contributed by atoms with Gasteiger partial charge in [-0.2, -0.15) is 0 Å². The molecule has 104 valence electrons.